The number of aromatic nitrogens is 1. The zero-order valence-electron chi connectivity index (χ0n) is 13.3. The number of carbonyl (C=O) groups excluding carboxylic acids is 2. The molecule has 1 amide bonds. The highest BCUT2D eigenvalue weighted by molar-refractivity contribution is 9.10. The minimum Gasteiger partial charge on any atom is -0.497 e. The average Bonchev–Trinajstić information content (AvgIpc) is 2.59. The Morgan fingerprint density at radius 2 is 2.08 bits per heavy atom. The Morgan fingerprint density at radius 1 is 1.29 bits per heavy atom. The van der Waals surface area contributed by atoms with E-state index in [0.29, 0.717) is 10.2 Å². The van der Waals surface area contributed by atoms with Crippen LogP contribution >= 0.6 is 15.9 Å². The van der Waals surface area contributed by atoms with Crippen molar-refractivity contribution in [1.82, 2.24) is 10.3 Å². The number of ether oxygens (including phenoxy) is 2. The number of amides is 1. The van der Waals surface area contributed by atoms with E-state index < -0.39 is 5.97 Å². The fourth-order valence-electron chi connectivity index (χ4n) is 2.02. The van der Waals surface area contributed by atoms with Crippen LogP contribution in [0.4, 0.5) is 0 Å². The number of halogens is 1. The Kier molecular flexibility index (Phi) is 6.31. The summed E-state index contributed by atoms with van der Waals surface area (Å²) in [5.41, 5.74) is 1.17. The van der Waals surface area contributed by atoms with Gasteiger partial charge in [-0.1, -0.05) is 12.1 Å². The molecule has 1 N–H and O–H groups in total. The van der Waals surface area contributed by atoms with Gasteiger partial charge in [0.15, 0.2) is 6.61 Å². The number of hydrogen-bond donors (Lipinski definition) is 1. The SMILES string of the molecule is COc1cccc(C(C)NC(=O)COC(=O)c2cncc(Br)c2)c1. The molecule has 1 aromatic heterocycles. The second-order valence-electron chi connectivity index (χ2n) is 5.03. The summed E-state index contributed by atoms with van der Waals surface area (Å²) in [5, 5.41) is 2.77. The minimum absolute atomic E-state index is 0.237. The van der Waals surface area contributed by atoms with Crippen molar-refractivity contribution in [3.05, 3.63) is 58.3 Å². The number of nitrogens with zero attached hydrogens (tertiary/aromatic N) is 1. The highest BCUT2D eigenvalue weighted by Crippen LogP contribution is 2.18. The van der Waals surface area contributed by atoms with Gasteiger partial charge in [-0.05, 0) is 46.6 Å². The summed E-state index contributed by atoms with van der Waals surface area (Å²) in [6.45, 7) is 1.48. The molecule has 2 rings (SSSR count). The first-order chi connectivity index (χ1) is 11.5. The first-order valence-corrected chi connectivity index (χ1v) is 8.00. The van der Waals surface area contributed by atoms with Gasteiger partial charge >= 0.3 is 5.97 Å². The van der Waals surface area contributed by atoms with Crippen LogP contribution in [0, 0.1) is 0 Å². The summed E-state index contributed by atoms with van der Waals surface area (Å²) in [7, 11) is 1.58. The molecule has 0 fully saturated rings. The number of methoxy groups -OCH3 is 1. The zero-order valence-corrected chi connectivity index (χ0v) is 14.9. The highest BCUT2D eigenvalue weighted by atomic mass is 79.9. The van der Waals surface area contributed by atoms with E-state index in [0.717, 1.165) is 5.56 Å². The lowest BCUT2D eigenvalue weighted by atomic mass is 10.1. The van der Waals surface area contributed by atoms with Gasteiger partial charge in [-0.2, -0.15) is 0 Å². The highest BCUT2D eigenvalue weighted by Gasteiger charge is 2.14. The van der Waals surface area contributed by atoms with Gasteiger partial charge in [-0.25, -0.2) is 4.79 Å². The lowest BCUT2D eigenvalue weighted by Gasteiger charge is -2.15. The lowest BCUT2D eigenvalue weighted by molar-refractivity contribution is -0.124. The Hall–Kier alpha value is -2.41. The van der Waals surface area contributed by atoms with Gasteiger partial charge in [0.25, 0.3) is 5.91 Å². The van der Waals surface area contributed by atoms with E-state index in [9.17, 15) is 9.59 Å². The zero-order chi connectivity index (χ0) is 17.5. The van der Waals surface area contributed by atoms with E-state index in [1.807, 2.05) is 31.2 Å². The lowest BCUT2D eigenvalue weighted by Crippen LogP contribution is -2.31. The summed E-state index contributed by atoms with van der Waals surface area (Å²) < 4.78 is 10.8. The van der Waals surface area contributed by atoms with E-state index >= 15 is 0 Å². The van der Waals surface area contributed by atoms with Crippen LogP contribution in [0.3, 0.4) is 0 Å². The average molecular weight is 393 g/mol. The third-order valence-electron chi connectivity index (χ3n) is 3.25. The quantitative estimate of drug-likeness (QED) is 0.764. The molecule has 0 spiro atoms. The summed E-state index contributed by atoms with van der Waals surface area (Å²) >= 11 is 3.22. The normalized spacial score (nSPS) is 11.5. The Bertz CT molecular complexity index is 736. The third kappa shape index (κ3) is 5.06. The number of pyridine rings is 1. The molecule has 126 valence electrons. The van der Waals surface area contributed by atoms with Crippen molar-refractivity contribution in [3.8, 4) is 5.75 Å². The first kappa shape index (κ1) is 17.9. The fourth-order valence-corrected chi connectivity index (χ4v) is 2.38. The Labute approximate surface area is 148 Å². The second kappa shape index (κ2) is 8.44. The van der Waals surface area contributed by atoms with Gasteiger partial charge in [0, 0.05) is 16.9 Å². The van der Waals surface area contributed by atoms with Crippen LogP contribution in [0.25, 0.3) is 0 Å². The molecule has 0 aliphatic rings. The molecule has 2 aromatic rings. The van der Waals surface area contributed by atoms with Crippen LogP contribution in [0.1, 0.15) is 28.9 Å². The molecule has 0 bridgehead atoms. The predicted molar refractivity (Wildman–Crippen MR) is 91.8 cm³/mol. The maximum Gasteiger partial charge on any atom is 0.340 e. The fraction of sp³-hybridized carbons (Fsp3) is 0.235. The van der Waals surface area contributed by atoms with Crippen molar-refractivity contribution in [2.75, 3.05) is 13.7 Å². The predicted octanol–water partition coefficient (Wildman–Crippen LogP) is 2.89. The third-order valence-corrected chi connectivity index (χ3v) is 3.68. The topological polar surface area (TPSA) is 77.5 Å². The molecule has 0 radical (unpaired) electrons. The van der Waals surface area contributed by atoms with Crippen molar-refractivity contribution in [2.24, 2.45) is 0 Å². The van der Waals surface area contributed by atoms with Gasteiger partial charge in [-0.15, -0.1) is 0 Å². The second-order valence-corrected chi connectivity index (χ2v) is 5.95. The smallest absolute Gasteiger partial charge is 0.340 e. The van der Waals surface area contributed by atoms with Gasteiger partial charge < -0.3 is 14.8 Å². The summed E-state index contributed by atoms with van der Waals surface area (Å²) in [6, 6.07) is 8.73. The minimum atomic E-state index is -0.604. The molecule has 1 aromatic carbocycles. The van der Waals surface area contributed by atoms with Crippen LogP contribution in [0.15, 0.2) is 47.2 Å². The van der Waals surface area contributed by atoms with E-state index in [1.165, 1.54) is 6.20 Å². The molecule has 0 aliphatic heterocycles. The molecule has 0 saturated heterocycles. The first-order valence-electron chi connectivity index (χ1n) is 7.20. The van der Waals surface area contributed by atoms with Gasteiger partial charge in [0.2, 0.25) is 0 Å². The van der Waals surface area contributed by atoms with Gasteiger partial charge in [0.1, 0.15) is 5.75 Å². The van der Waals surface area contributed by atoms with Gasteiger partial charge in [-0.3, -0.25) is 9.78 Å². The van der Waals surface area contributed by atoms with Crippen molar-refractivity contribution in [1.29, 1.82) is 0 Å². The summed E-state index contributed by atoms with van der Waals surface area (Å²) in [6.07, 6.45) is 2.93. The van der Waals surface area contributed by atoms with Crippen LogP contribution in [-0.4, -0.2) is 30.6 Å². The number of esters is 1. The number of rotatable bonds is 6. The molecule has 1 atom stereocenters. The van der Waals surface area contributed by atoms with E-state index in [2.05, 4.69) is 26.2 Å². The van der Waals surface area contributed by atoms with Crippen LogP contribution in [0.5, 0.6) is 5.75 Å². The largest absolute Gasteiger partial charge is 0.497 e. The number of benzene rings is 1. The van der Waals surface area contributed by atoms with Crippen molar-refractivity contribution in [3.63, 3.8) is 0 Å². The van der Waals surface area contributed by atoms with E-state index in [1.54, 1.807) is 19.4 Å². The van der Waals surface area contributed by atoms with Crippen molar-refractivity contribution < 1.29 is 19.1 Å². The molecule has 0 saturated carbocycles. The monoisotopic (exact) mass is 392 g/mol. The maximum absolute atomic E-state index is 11.9. The van der Waals surface area contributed by atoms with Crippen LogP contribution in [-0.2, 0) is 9.53 Å². The summed E-state index contributed by atoms with van der Waals surface area (Å²) in [5.74, 6) is -0.281. The molecule has 7 heteroatoms. The number of carbonyl (C=O) groups is 2. The van der Waals surface area contributed by atoms with Crippen molar-refractivity contribution >= 4 is 27.8 Å². The maximum atomic E-state index is 11.9. The standard InChI is InChI=1S/C17H17BrN2O4/c1-11(12-4-3-5-15(7-12)23-2)20-16(21)10-24-17(22)13-6-14(18)9-19-8-13/h3-9,11H,10H2,1-2H3,(H,20,21). The molecule has 1 heterocycles. The Morgan fingerprint density at radius 3 is 2.79 bits per heavy atom. The number of hydrogen-bond acceptors (Lipinski definition) is 5. The number of nitrogens with one attached hydrogen (secondary N) is 1. The van der Waals surface area contributed by atoms with Gasteiger partial charge in [0.05, 0.1) is 18.7 Å². The molecular weight excluding hydrogens is 376 g/mol. The molecule has 24 heavy (non-hydrogen) atoms. The molecular formula is C17H17BrN2O4. The van der Waals surface area contributed by atoms with Crippen LogP contribution < -0.4 is 10.1 Å². The molecule has 1 unspecified atom stereocenters. The summed E-state index contributed by atoms with van der Waals surface area (Å²) in [4.78, 5) is 27.7. The van der Waals surface area contributed by atoms with Crippen molar-refractivity contribution in [2.45, 2.75) is 13.0 Å². The molecule has 0 aliphatic carbocycles. The van der Waals surface area contributed by atoms with E-state index in [-0.39, 0.29) is 24.1 Å². The Balaban J connectivity index is 1.87. The van der Waals surface area contributed by atoms with E-state index in [4.69, 9.17) is 9.47 Å². The molecule has 6 nitrogen and oxygen atoms in total. The van der Waals surface area contributed by atoms with Crippen LogP contribution in [0.2, 0.25) is 0 Å².